The van der Waals surface area contributed by atoms with Gasteiger partial charge in [0.1, 0.15) is 10.8 Å². The van der Waals surface area contributed by atoms with Gasteiger partial charge >= 0.3 is 6.16 Å². The van der Waals surface area contributed by atoms with Gasteiger partial charge in [-0.25, -0.2) is 9.18 Å². The SMILES string of the molecule is O=C(O)OC1=C(SCCCc2ccc(F)cc2)N(CCc2ccccc2)CC=C1. The quantitative estimate of drug-likeness (QED) is 0.436. The lowest BCUT2D eigenvalue weighted by atomic mass is 10.1. The highest BCUT2D eigenvalue weighted by Crippen LogP contribution is 2.30. The highest BCUT2D eigenvalue weighted by Gasteiger charge is 2.20. The molecule has 0 saturated heterocycles. The summed E-state index contributed by atoms with van der Waals surface area (Å²) in [6.07, 6.45) is 4.96. The Morgan fingerprint density at radius 2 is 1.79 bits per heavy atom. The van der Waals surface area contributed by atoms with Crippen LogP contribution < -0.4 is 0 Å². The van der Waals surface area contributed by atoms with Crippen LogP contribution in [0.4, 0.5) is 9.18 Å². The van der Waals surface area contributed by atoms with Crippen molar-refractivity contribution in [3.63, 3.8) is 0 Å². The van der Waals surface area contributed by atoms with Crippen LogP contribution in [0.15, 0.2) is 77.5 Å². The first-order valence-corrected chi connectivity index (χ1v) is 10.6. The summed E-state index contributed by atoms with van der Waals surface area (Å²) in [5.74, 6) is 0.963. The number of ether oxygens (including phenoxy) is 1. The first-order valence-electron chi connectivity index (χ1n) is 9.59. The van der Waals surface area contributed by atoms with Crippen LogP contribution in [0.25, 0.3) is 0 Å². The Balaban J connectivity index is 1.61. The Labute approximate surface area is 174 Å². The van der Waals surface area contributed by atoms with Crippen LogP contribution in [0.2, 0.25) is 0 Å². The van der Waals surface area contributed by atoms with Gasteiger partial charge in [-0.05, 0) is 54.4 Å². The highest BCUT2D eigenvalue weighted by atomic mass is 32.2. The van der Waals surface area contributed by atoms with E-state index >= 15 is 0 Å². The molecule has 2 aromatic carbocycles. The lowest BCUT2D eigenvalue weighted by molar-refractivity contribution is 0.119. The zero-order valence-corrected chi connectivity index (χ0v) is 16.9. The molecule has 1 heterocycles. The minimum atomic E-state index is -1.31. The number of benzene rings is 2. The average Bonchev–Trinajstić information content (AvgIpc) is 2.72. The molecule has 1 aliphatic rings. The maximum atomic E-state index is 13.0. The number of thioether (sulfide) groups is 1. The van der Waals surface area contributed by atoms with Gasteiger partial charge in [0.25, 0.3) is 0 Å². The molecule has 152 valence electrons. The second-order valence-corrected chi connectivity index (χ2v) is 7.78. The van der Waals surface area contributed by atoms with Crippen molar-refractivity contribution in [2.45, 2.75) is 19.3 Å². The average molecular weight is 414 g/mol. The maximum absolute atomic E-state index is 13.0. The predicted octanol–water partition coefficient (Wildman–Crippen LogP) is 5.47. The van der Waals surface area contributed by atoms with Crippen LogP contribution in [-0.4, -0.2) is 35.0 Å². The second kappa shape index (κ2) is 10.7. The van der Waals surface area contributed by atoms with Gasteiger partial charge < -0.3 is 14.7 Å². The molecular weight excluding hydrogens is 389 g/mol. The molecule has 0 amide bonds. The maximum Gasteiger partial charge on any atom is 0.511 e. The number of hydrogen-bond donors (Lipinski definition) is 1. The predicted molar refractivity (Wildman–Crippen MR) is 114 cm³/mol. The molecule has 29 heavy (non-hydrogen) atoms. The van der Waals surface area contributed by atoms with Crippen LogP contribution in [0.5, 0.6) is 0 Å². The molecule has 1 N–H and O–H groups in total. The fourth-order valence-corrected chi connectivity index (χ4v) is 4.21. The fourth-order valence-electron chi connectivity index (χ4n) is 3.13. The number of nitrogens with zero attached hydrogens (tertiary/aromatic N) is 1. The third-order valence-corrected chi connectivity index (χ3v) is 5.79. The van der Waals surface area contributed by atoms with E-state index in [-0.39, 0.29) is 5.82 Å². The van der Waals surface area contributed by atoms with Gasteiger partial charge in [-0.3, -0.25) is 0 Å². The van der Waals surface area contributed by atoms with Gasteiger partial charge in [0.05, 0.1) is 0 Å². The van der Waals surface area contributed by atoms with Crippen LogP contribution >= 0.6 is 11.8 Å². The van der Waals surface area contributed by atoms with Crippen molar-refractivity contribution in [2.24, 2.45) is 0 Å². The molecule has 0 atom stereocenters. The Hall–Kier alpha value is -2.73. The third-order valence-electron chi connectivity index (χ3n) is 4.57. The monoisotopic (exact) mass is 413 g/mol. The van der Waals surface area contributed by atoms with Crippen molar-refractivity contribution in [3.8, 4) is 0 Å². The van der Waals surface area contributed by atoms with Crippen LogP contribution in [0, 0.1) is 5.82 Å². The third kappa shape index (κ3) is 6.68. The minimum absolute atomic E-state index is 0.230. The zero-order valence-electron chi connectivity index (χ0n) is 16.1. The molecule has 0 saturated carbocycles. The minimum Gasteiger partial charge on any atom is -0.449 e. The fraction of sp³-hybridized carbons (Fsp3) is 0.261. The van der Waals surface area contributed by atoms with Crippen LogP contribution in [-0.2, 0) is 17.6 Å². The Kier molecular flexibility index (Phi) is 7.76. The Bertz CT molecular complexity index is 865. The molecule has 0 bridgehead atoms. The first kappa shape index (κ1) is 21.0. The standard InChI is InChI=1S/C23H24FNO3S/c24-20-12-10-19(11-13-20)8-5-17-29-22-21(28-23(26)27)9-4-15-25(22)16-14-18-6-2-1-3-7-18/h1-4,6-7,9-13H,5,8,14-17H2,(H,26,27). The van der Waals surface area contributed by atoms with Gasteiger partial charge in [0.15, 0.2) is 5.76 Å². The van der Waals surface area contributed by atoms with E-state index in [9.17, 15) is 9.18 Å². The zero-order chi connectivity index (χ0) is 20.5. The van der Waals surface area contributed by atoms with E-state index in [4.69, 9.17) is 9.84 Å². The van der Waals surface area contributed by atoms with E-state index in [0.717, 1.165) is 48.7 Å². The number of halogens is 1. The number of aryl methyl sites for hydroxylation is 1. The van der Waals surface area contributed by atoms with Gasteiger partial charge in [-0.15, -0.1) is 11.8 Å². The molecule has 0 aromatic heterocycles. The van der Waals surface area contributed by atoms with Gasteiger partial charge in [0, 0.05) is 13.1 Å². The summed E-state index contributed by atoms with van der Waals surface area (Å²) in [5.41, 5.74) is 2.33. The summed E-state index contributed by atoms with van der Waals surface area (Å²) >= 11 is 1.60. The largest absolute Gasteiger partial charge is 0.511 e. The van der Waals surface area contributed by atoms with Crippen molar-refractivity contribution in [2.75, 3.05) is 18.8 Å². The normalized spacial score (nSPS) is 13.6. The highest BCUT2D eigenvalue weighted by molar-refractivity contribution is 8.03. The van der Waals surface area contributed by atoms with E-state index < -0.39 is 6.16 Å². The molecule has 3 rings (SSSR count). The molecule has 4 nitrogen and oxygen atoms in total. The number of carbonyl (C=O) groups is 1. The van der Waals surface area contributed by atoms with E-state index in [1.165, 1.54) is 17.7 Å². The van der Waals surface area contributed by atoms with Crippen LogP contribution in [0.1, 0.15) is 17.5 Å². The molecule has 6 heteroatoms. The molecule has 0 fully saturated rings. The number of allylic oxidation sites excluding steroid dienone is 1. The number of hydrogen-bond acceptors (Lipinski definition) is 4. The summed E-state index contributed by atoms with van der Waals surface area (Å²) in [7, 11) is 0. The summed E-state index contributed by atoms with van der Waals surface area (Å²) in [4.78, 5) is 13.3. The van der Waals surface area contributed by atoms with Crippen molar-refractivity contribution in [1.82, 2.24) is 4.90 Å². The summed E-state index contributed by atoms with van der Waals surface area (Å²) < 4.78 is 18.0. The van der Waals surface area contributed by atoms with Crippen LogP contribution in [0.3, 0.4) is 0 Å². The summed E-state index contributed by atoms with van der Waals surface area (Å²) in [6.45, 7) is 1.50. The Morgan fingerprint density at radius 3 is 2.52 bits per heavy atom. The van der Waals surface area contributed by atoms with E-state index in [1.807, 2.05) is 24.3 Å². The van der Waals surface area contributed by atoms with Crippen molar-refractivity contribution in [1.29, 1.82) is 0 Å². The van der Waals surface area contributed by atoms with Gasteiger partial charge in [-0.1, -0.05) is 48.5 Å². The molecule has 0 aliphatic carbocycles. The van der Waals surface area contributed by atoms with Crippen molar-refractivity contribution < 1.29 is 19.0 Å². The molecule has 0 spiro atoms. The summed E-state index contributed by atoms with van der Waals surface area (Å²) in [6, 6.07) is 16.8. The Morgan fingerprint density at radius 1 is 1.07 bits per heavy atom. The van der Waals surface area contributed by atoms with E-state index in [2.05, 4.69) is 17.0 Å². The van der Waals surface area contributed by atoms with Gasteiger partial charge in [0.2, 0.25) is 0 Å². The molecular formula is C23H24FNO3S. The molecule has 0 unspecified atom stereocenters. The topological polar surface area (TPSA) is 49.8 Å². The van der Waals surface area contributed by atoms with E-state index in [1.54, 1.807) is 30.0 Å². The number of carboxylic acid groups (broad SMARTS) is 1. The summed E-state index contributed by atoms with van der Waals surface area (Å²) in [5, 5.41) is 9.92. The first-order chi connectivity index (χ1) is 14.1. The van der Waals surface area contributed by atoms with Crippen molar-refractivity contribution >= 4 is 17.9 Å². The van der Waals surface area contributed by atoms with Gasteiger partial charge in [-0.2, -0.15) is 0 Å². The lowest BCUT2D eigenvalue weighted by Crippen LogP contribution is -2.28. The second-order valence-electron chi connectivity index (χ2n) is 6.70. The molecule has 2 aromatic rings. The molecule has 0 radical (unpaired) electrons. The number of rotatable bonds is 9. The molecule has 1 aliphatic heterocycles. The van der Waals surface area contributed by atoms with E-state index in [0.29, 0.717) is 5.76 Å². The lowest BCUT2D eigenvalue weighted by Gasteiger charge is -2.29. The van der Waals surface area contributed by atoms with Crippen molar-refractivity contribution in [3.05, 3.63) is 94.5 Å². The smallest absolute Gasteiger partial charge is 0.449 e.